The summed E-state index contributed by atoms with van der Waals surface area (Å²) < 4.78 is 305. The van der Waals surface area contributed by atoms with Gasteiger partial charge in [0.15, 0.2) is 75.6 Å². The Hall–Kier alpha value is -5.07. The average Bonchev–Trinajstić information content (AvgIpc) is 3.20. The van der Waals surface area contributed by atoms with Crippen LogP contribution in [0.4, 0.5) is 87.8 Å². The molecule has 0 saturated heterocycles. The summed E-state index contributed by atoms with van der Waals surface area (Å²) in [7, 11) is -0.907. The first-order chi connectivity index (χ1) is 27.7. The van der Waals surface area contributed by atoms with E-state index in [0.717, 1.165) is 0 Å². The van der Waals surface area contributed by atoms with E-state index in [1.54, 1.807) is 30.5 Å². The lowest BCUT2D eigenvalue weighted by molar-refractivity contribution is 0.102. The highest BCUT2D eigenvalue weighted by Gasteiger charge is 2.52. The lowest BCUT2D eigenvalue weighted by Crippen LogP contribution is -2.81. The van der Waals surface area contributed by atoms with Crippen molar-refractivity contribution in [3.63, 3.8) is 0 Å². The number of halogens is 20. The molecule has 0 radical (unpaired) electrons. The highest BCUT2D eigenvalue weighted by atomic mass is 32.2. The van der Waals surface area contributed by atoms with Crippen molar-refractivity contribution in [3.8, 4) is 0 Å². The van der Waals surface area contributed by atoms with Gasteiger partial charge in [0.2, 0.25) is 5.78 Å². The van der Waals surface area contributed by atoms with Crippen LogP contribution in [0.25, 0.3) is 0 Å². The topological polar surface area (TPSA) is 34.1 Å². The van der Waals surface area contributed by atoms with Crippen molar-refractivity contribution in [2.24, 2.45) is 0 Å². The van der Waals surface area contributed by atoms with E-state index in [2.05, 4.69) is 0 Å². The minimum atomic E-state index is -7.22. The number of rotatable bonds is 8. The molecule has 0 spiro atoms. The molecule has 0 N–H and O–H groups in total. The smallest absolute Gasteiger partial charge is 0.211 e. The van der Waals surface area contributed by atoms with E-state index in [1.165, 1.54) is 0 Å². The molecule has 0 amide bonds. The minimum absolute atomic E-state index is 0.111. The molecule has 0 aliphatic heterocycles. The molecule has 1 unspecified atom stereocenters. The predicted molar refractivity (Wildman–Crippen MR) is 176 cm³/mol. The Bertz CT molecular complexity index is 2240. The zero-order valence-electron chi connectivity index (χ0n) is 29.3. The fourth-order valence-corrected chi connectivity index (χ4v) is 7.32. The van der Waals surface area contributed by atoms with Crippen molar-refractivity contribution in [2.45, 2.75) is 4.90 Å². The van der Waals surface area contributed by atoms with Crippen LogP contribution in [-0.2, 0) is 21.7 Å². The van der Waals surface area contributed by atoms with Crippen molar-refractivity contribution in [1.29, 1.82) is 0 Å². The number of Topliss-reactive ketones (excluding diaryl/α,β-unsaturated/α-hetero) is 1. The van der Waals surface area contributed by atoms with Crippen molar-refractivity contribution in [3.05, 3.63) is 146 Å². The molecule has 0 bridgehead atoms. The fraction of sp³-hybridized carbons (Fsp3) is 0.114. The van der Waals surface area contributed by atoms with Gasteiger partial charge in [0.05, 0.1) is 12.5 Å². The molecule has 5 aromatic rings. The largest absolute Gasteiger partial charge is 0.289 e. The normalized spacial score (nSPS) is 12.2. The molecule has 0 aliphatic carbocycles. The minimum Gasteiger partial charge on any atom is -0.289 e. The van der Waals surface area contributed by atoms with Gasteiger partial charge in [0.25, 0.3) is 0 Å². The number of benzene rings is 5. The Morgan fingerprint density at radius 1 is 0.450 bits per heavy atom. The Balaban J connectivity index is 0.000000445. The van der Waals surface area contributed by atoms with Gasteiger partial charge in [-0.1, -0.05) is 12.1 Å². The van der Waals surface area contributed by atoms with Crippen molar-refractivity contribution < 1.29 is 96.8 Å². The fourth-order valence-electron chi connectivity index (χ4n) is 6.07. The number of hydrogen-bond donors (Lipinski definition) is 0. The van der Waals surface area contributed by atoms with Gasteiger partial charge in [-0.2, -0.15) is 0 Å². The second-order valence-corrected chi connectivity index (χ2v) is 16.0. The maximum absolute atomic E-state index is 15.4. The molecule has 0 aliphatic rings. The number of carbonyl (C=O) groups excluding carboxylic acids is 1. The Morgan fingerprint density at radius 3 is 0.900 bits per heavy atom. The van der Waals surface area contributed by atoms with E-state index in [9.17, 15) is 61.7 Å². The van der Waals surface area contributed by atoms with Gasteiger partial charge in [-0.3, -0.25) is 9.00 Å². The number of ketones is 1. The first-order valence-corrected chi connectivity index (χ1v) is 19.2. The molecular weight excluding hydrogens is 907 g/mol. The lowest BCUT2D eigenvalue weighted by atomic mass is 9.12. The molecule has 322 valence electrons. The van der Waals surface area contributed by atoms with Crippen molar-refractivity contribution in [2.75, 3.05) is 24.5 Å². The van der Waals surface area contributed by atoms with Crippen LogP contribution in [0.15, 0.2) is 29.2 Å². The van der Waals surface area contributed by atoms with E-state index in [0.29, 0.717) is 16.2 Å². The van der Waals surface area contributed by atoms with Crippen LogP contribution >= 0.6 is 0 Å². The highest BCUT2D eigenvalue weighted by Crippen LogP contribution is 2.30. The number of hydrogen-bond acceptors (Lipinski definition) is 2. The average molecular weight is 922 g/mol. The highest BCUT2D eigenvalue weighted by molar-refractivity contribution is 7.96. The van der Waals surface area contributed by atoms with Crippen molar-refractivity contribution in [1.82, 2.24) is 0 Å². The quantitative estimate of drug-likeness (QED) is 0.0409. The third-order valence-electron chi connectivity index (χ3n) is 8.61. The van der Waals surface area contributed by atoms with Crippen LogP contribution in [0.3, 0.4) is 0 Å². The molecule has 0 saturated carbocycles. The van der Waals surface area contributed by atoms with Crippen LogP contribution in [0.2, 0.25) is 0 Å². The molecule has 5 aromatic carbocycles. The van der Waals surface area contributed by atoms with Crippen LogP contribution in [0.5, 0.6) is 0 Å². The van der Waals surface area contributed by atoms with Crippen LogP contribution < -0.4 is 21.9 Å². The summed E-state index contributed by atoms with van der Waals surface area (Å²) in [5.41, 5.74) is -13.7. The molecule has 0 fully saturated rings. The lowest BCUT2D eigenvalue weighted by Gasteiger charge is -2.44. The van der Waals surface area contributed by atoms with Crippen LogP contribution in [0, 0.1) is 116 Å². The first kappa shape index (κ1) is 47.6. The molecule has 25 heteroatoms. The summed E-state index contributed by atoms with van der Waals surface area (Å²) in [5.74, 6) is -70.7. The van der Waals surface area contributed by atoms with Gasteiger partial charge >= 0.3 is 0 Å². The van der Waals surface area contributed by atoms with Gasteiger partial charge in [-0.05, 0) is 23.0 Å². The van der Waals surface area contributed by atoms with Gasteiger partial charge in [-0.15, -0.1) is 21.9 Å². The summed E-state index contributed by atoms with van der Waals surface area (Å²) in [6.45, 7) is 0. The van der Waals surface area contributed by atoms with Crippen LogP contribution in [-0.4, -0.2) is 40.7 Å². The van der Waals surface area contributed by atoms with Gasteiger partial charge in [-0.25, -0.2) is 87.8 Å². The molecular formula is C35H15BF20O2S2. The zero-order chi connectivity index (χ0) is 45.8. The molecule has 5 rings (SSSR count). The summed E-state index contributed by atoms with van der Waals surface area (Å²) in [6, 6.07) is 7.08. The molecule has 0 aromatic heterocycles. The molecule has 2 nitrogen and oxygen atoms in total. The third-order valence-corrected chi connectivity index (χ3v) is 10.4. The first-order valence-electron chi connectivity index (χ1n) is 15.4. The molecule has 60 heavy (non-hydrogen) atoms. The Labute approximate surface area is 327 Å². The maximum atomic E-state index is 15.4. The standard InChI is InChI=1S/C24BF20.C11H15O2S2/c26-5-1(6(27)14(35)21(42)13(5)34)25(2-7(28)15(36)22(43)16(37)8(2)29,3-9(30)17(38)23(44)18(39)10(3)31)4-11(32)19(40)24(45)20(41)12(4)33;1-14(2)8-11(12)9-5-4-6-10(7-9)15(3)13/h;4-7H,8H2,1-3H3/q-1;+1. The van der Waals surface area contributed by atoms with Gasteiger partial charge < -0.3 is 0 Å². The van der Waals surface area contributed by atoms with Crippen LogP contribution in [0.1, 0.15) is 10.4 Å². The van der Waals surface area contributed by atoms with E-state index in [4.69, 9.17) is 0 Å². The second kappa shape index (κ2) is 17.5. The van der Waals surface area contributed by atoms with Gasteiger partial charge in [0.1, 0.15) is 52.7 Å². The third kappa shape index (κ3) is 7.61. The second-order valence-electron chi connectivity index (χ2n) is 12.3. The molecule has 1 atom stereocenters. The Kier molecular flexibility index (Phi) is 13.9. The summed E-state index contributed by atoms with van der Waals surface area (Å²) >= 11 is 0. The van der Waals surface area contributed by atoms with E-state index in [-0.39, 0.29) is 16.7 Å². The van der Waals surface area contributed by atoms with E-state index >= 15 is 35.1 Å². The van der Waals surface area contributed by atoms with E-state index in [1.807, 2.05) is 12.5 Å². The van der Waals surface area contributed by atoms with Crippen molar-refractivity contribution >= 4 is 55.5 Å². The number of carbonyl (C=O) groups is 1. The van der Waals surface area contributed by atoms with Gasteiger partial charge in [0, 0.05) is 27.5 Å². The monoisotopic (exact) mass is 922 g/mol. The summed E-state index contributed by atoms with van der Waals surface area (Å²) in [6.07, 6.45) is -1.52. The SMILES string of the molecule is CS(=O)c1cccc(C(=O)C[S+](C)C)c1.Fc1c(F)c(F)c([B-](c2c(F)c(F)c(F)c(F)c2F)(c2c(F)c(F)c(F)c(F)c2F)c2c(F)c(F)c(F)c(F)c2F)c(F)c1F. The Morgan fingerprint density at radius 2 is 0.683 bits per heavy atom. The summed E-state index contributed by atoms with van der Waals surface area (Å²) in [5, 5.41) is 0. The maximum Gasteiger partial charge on any atom is 0.211 e. The van der Waals surface area contributed by atoms with E-state index < -0.39 is 155 Å². The zero-order valence-corrected chi connectivity index (χ0v) is 30.9. The summed E-state index contributed by atoms with van der Waals surface area (Å²) in [4.78, 5) is 12.5. The molecule has 0 heterocycles. The predicted octanol–water partition coefficient (Wildman–Crippen LogP) is 7.33.